The van der Waals surface area contributed by atoms with Crippen molar-refractivity contribution in [2.24, 2.45) is 0 Å². The molecule has 0 saturated heterocycles. The molecule has 132 valence electrons. The molecule has 4 aromatic rings. The first-order chi connectivity index (χ1) is 12.8. The Hall–Kier alpha value is -2.87. The van der Waals surface area contributed by atoms with Gasteiger partial charge in [-0.25, -0.2) is 4.98 Å². The lowest BCUT2D eigenvalue weighted by molar-refractivity contribution is -0.118. The van der Waals surface area contributed by atoms with Crippen LogP contribution >= 0.6 is 11.8 Å². The Morgan fingerprint density at radius 2 is 2.00 bits per heavy atom. The van der Waals surface area contributed by atoms with Gasteiger partial charge in [0.2, 0.25) is 5.91 Å². The van der Waals surface area contributed by atoms with Gasteiger partial charge in [-0.15, -0.1) is 10.2 Å². The van der Waals surface area contributed by atoms with Crippen LogP contribution in [0.1, 0.15) is 12.7 Å². The molecule has 0 fully saturated rings. The summed E-state index contributed by atoms with van der Waals surface area (Å²) in [6.45, 7) is 3.24. The highest BCUT2D eigenvalue weighted by atomic mass is 32.2. The molecular formula is C18H18N6OS. The SMILES string of the molecule is CCn1c(SCC(=O)NCc2nnc3ccccn23)nc2ccccc21. The topological polar surface area (TPSA) is 77.1 Å². The number of carbonyl (C=O) groups excluding carboxylic acids is 1. The van der Waals surface area contributed by atoms with Crippen molar-refractivity contribution >= 4 is 34.3 Å². The third-order valence-electron chi connectivity index (χ3n) is 4.10. The number of carbonyl (C=O) groups is 1. The Labute approximate surface area is 154 Å². The number of nitrogens with zero attached hydrogens (tertiary/aromatic N) is 5. The first-order valence-corrected chi connectivity index (χ1v) is 9.38. The van der Waals surface area contributed by atoms with Gasteiger partial charge < -0.3 is 9.88 Å². The van der Waals surface area contributed by atoms with Gasteiger partial charge in [0, 0.05) is 12.7 Å². The lowest BCUT2D eigenvalue weighted by Gasteiger charge is -2.06. The van der Waals surface area contributed by atoms with Crippen molar-refractivity contribution < 1.29 is 4.79 Å². The number of para-hydroxylation sites is 2. The van der Waals surface area contributed by atoms with E-state index in [0.717, 1.165) is 28.4 Å². The second-order valence-corrected chi connectivity index (χ2v) is 6.68. The first-order valence-electron chi connectivity index (χ1n) is 8.39. The van der Waals surface area contributed by atoms with E-state index in [1.54, 1.807) is 0 Å². The normalized spacial score (nSPS) is 11.3. The maximum Gasteiger partial charge on any atom is 0.230 e. The molecule has 0 bridgehead atoms. The van der Waals surface area contributed by atoms with E-state index in [2.05, 4.69) is 32.0 Å². The van der Waals surface area contributed by atoms with Crippen molar-refractivity contribution in [1.82, 2.24) is 29.5 Å². The zero-order valence-electron chi connectivity index (χ0n) is 14.3. The molecule has 4 rings (SSSR count). The molecule has 1 aromatic carbocycles. The molecule has 0 aliphatic heterocycles. The van der Waals surface area contributed by atoms with E-state index in [1.165, 1.54) is 11.8 Å². The molecule has 0 saturated carbocycles. The fraction of sp³-hybridized carbons (Fsp3) is 0.222. The van der Waals surface area contributed by atoms with E-state index in [4.69, 9.17) is 0 Å². The van der Waals surface area contributed by atoms with Crippen LogP contribution in [0.4, 0.5) is 0 Å². The highest BCUT2D eigenvalue weighted by Gasteiger charge is 2.12. The second kappa shape index (κ2) is 7.17. The smallest absolute Gasteiger partial charge is 0.230 e. The number of imidazole rings is 1. The summed E-state index contributed by atoms with van der Waals surface area (Å²) < 4.78 is 3.99. The van der Waals surface area contributed by atoms with E-state index < -0.39 is 0 Å². The minimum atomic E-state index is -0.0580. The Kier molecular flexibility index (Phi) is 4.57. The minimum absolute atomic E-state index is 0.0580. The van der Waals surface area contributed by atoms with Crippen LogP contribution in [0.2, 0.25) is 0 Å². The molecule has 0 unspecified atom stereocenters. The number of aromatic nitrogens is 5. The van der Waals surface area contributed by atoms with Crippen LogP contribution in [0.25, 0.3) is 16.7 Å². The summed E-state index contributed by atoms with van der Waals surface area (Å²) in [6.07, 6.45) is 1.88. The number of thioether (sulfide) groups is 1. The van der Waals surface area contributed by atoms with Crippen molar-refractivity contribution in [3.05, 3.63) is 54.5 Å². The predicted octanol–water partition coefficient (Wildman–Crippen LogP) is 2.51. The standard InChI is InChI=1S/C18H18N6OS/c1-2-23-14-8-4-3-7-13(14)20-18(23)26-12-17(25)19-11-16-22-21-15-9-5-6-10-24(15)16/h3-10H,2,11-12H2,1H3,(H,19,25). The molecule has 0 radical (unpaired) electrons. The molecule has 1 amide bonds. The lowest BCUT2D eigenvalue weighted by atomic mass is 10.3. The number of benzene rings is 1. The van der Waals surface area contributed by atoms with Crippen LogP contribution in [0.15, 0.2) is 53.8 Å². The fourth-order valence-electron chi connectivity index (χ4n) is 2.84. The largest absolute Gasteiger partial charge is 0.348 e. The number of hydrogen-bond donors (Lipinski definition) is 1. The Balaban J connectivity index is 1.40. The van der Waals surface area contributed by atoms with E-state index in [9.17, 15) is 4.79 Å². The summed E-state index contributed by atoms with van der Waals surface area (Å²) in [7, 11) is 0. The zero-order chi connectivity index (χ0) is 17.9. The molecule has 0 spiro atoms. The molecule has 8 heteroatoms. The van der Waals surface area contributed by atoms with Crippen LogP contribution in [-0.2, 0) is 17.9 Å². The molecular weight excluding hydrogens is 348 g/mol. The van der Waals surface area contributed by atoms with Gasteiger partial charge in [-0.3, -0.25) is 9.20 Å². The number of aryl methyl sites for hydroxylation is 1. The molecule has 7 nitrogen and oxygen atoms in total. The van der Waals surface area contributed by atoms with Gasteiger partial charge in [-0.1, -0.05) is 30.0 Å². The number of fused-ring (bicyclic) bond motifs is 2. The fourth-order valence-corrected chi connectivity index (χ4v) is 3.75. The summed E-state index contributed by atoms with van der Waals surface area (Å²) >= 11 is 1.44. The Morgan fingerprint density at radius 3 is 2.88 bits per heavy atom. The Bertz CT molecular complexity index is 1070. The van der Waals surface area contributed by atoms with Crippen molar-refractivity contribution in [2.75, 3.05) is 5.75 Å². The molecule has 3 aromatic heterocycles. The van der Waals surface area contributed by atoms with Gasteiger partial charge in [0.25, 0.3) is 0 Å². The summed E-state index contributed by atoms with van der Waals surface area (Å²) in [5.41, 5.74) is 2.81. The maximum absolute atomic E-state index is 12.2. The molecule has 1 N–H and O–H groups in total. The highest BCUT2D eigenvalue weighted by Crippen LogP contribution is 2.23. The van der Waals surface area contributed by atoms with Gasteiger partial charge in [-0.05, 0) is 31.2 Å². The van der Waals surface area contributed by atoms with Crippen LogP contribution in [-0.4, -0.2) is 35.8 Å². The van der Waals surface area contributed by atoms with Crippen LogP contribution in [0, 0.1) is 0 Å². The number of pyridine rings is 1. The highest BCUT2D eigenvalue weighted by molar-refractivity contribution is 7.99. The average molecular weight is 366 g/mol. The van der Waals surface area contributed by atoms with E-state index in [-0.39, 0.29) is 5.91 Å². The van der Waals surface area contributed by atoms with Crippen molar-refractivity contribution in [3.63, 3.8) is 0 Å². The second-order valence-electron chi connectivity index (χ2n) is 5.74. The summed E-state index contributed by atoms with van der Waals surface area (Å²) in [6, 6.07) is 13.7. The van der Waals surface area contributed by atoms with E-state index >= 15 is 0 Å². The molecule has 0 atom stereocenters. The first kappa shape index (κ1) is 16.6. The molecule has 3 heterocycles. The third-order valence-corrected chi connectivity index (χ3v) is 5.07. The minimum Gasteiger partial charge on any atom is -0.348 e. The number of hydrogen-bond acceptors (Lipinski definition) is 5. The number of rotatable bonds is 6. The summed E-state index contributed by atoms with van der Waals surface area (Å²) in [5.74, 6) is 0.956. The summed E-state index contributed by atoms with van der Waals surface area (Å²) in [5, 5.41) is 12.0. The monoisotopic (exact) mass is 366 g/mol. The summed E-state index contributed by atoms with van der Waals surface area (Å²) in [4.78, 5) is 16.9. The lowest BCUT2D eigenvalue weighted by Crippen LogP contribution is -2.25. The number of nitrogens with one attached hydrogen (secondary N) is 1. The van der Waals surface area contributed by atoms with E-state index in [0.29, 0.717) is 18.1 Å². The third kappa shape index (κ3) is 3.15. The van der Waals surface area contributed by atoms with Gasteiger partial charge in [0.05, 0.1) is 23.3 Å². The van der Waals surface area contributed by atoms with E-state index in [1.807, 2.05) is 53.1 Å². The van der Waals surface area contributed by atoms with Crippen molar-refractivity contribution in [2.45, 2.75) is 25.2 Å². The molecule has 26 heavy (non-hydrogen) atoms. The molecule has 0 aliphatic carbocycles. The van der Waals surface area contributed by atoms with Gasteiger partial charge in [-0.2, -0.15) is 0 Å². The predicted molar refractivity (Wildman–Crippen MR) is 101 cm³/mol. The van der Waals surface area contributed by atoms with Gasteiger partial charge in [0.1, 0.15) is 0 Å². The van der Waals surface area contributed by atoms with Crippen LogP contribution in [0.5, 0.6) is 0 Å². The maximum atomic E-state index is 12.2. The van der Waals surface area contributed by atoms with Crippen molar-refractivity contribution in [3.8, 4) is 0 Å². The van der Waals surface area contributed by atoms with Crippen LogP contribution in [0.3, 0.4) is 0 Å². The quantitative estimate of drug-likeness (QED) is 0.531. The zero-order valence-corrected chi connectivity index (χ0v) is 15.1. The average Bonchev–Trinajstić information content (AvgIpc) is 3.25. The van der Waals surface area contributed by atoms with Crippen molar-refractivity contribution in [1.29, 1.82) is 0 Å². The Morgan fingerprint density at radius 1 is 1.15 bits per heavy atom. The van der Waals surface area contributed by atoms with Gasteiger partial charge >= 0.3 is 0 Å². The van der Waals surface area contributed by atoms with Gasteiger partial charge in [0.15, 0.2) is 16.6 Å². The number of amides is 1. The van der Waals surface area contributed by atoms with Crippen LogP contribution < -0.4 is 5.32 Å². The molecule has 0 aliphatic rings.